The molecule has 0 radical (unpaired) electrons. The zero-order chi connectivity index (χ0) is 57.2. The van der Waals surface area contributed by atoms with Gasteiger partial charge in [-0.25, -0.2) is 15.2 Å². The largest absolute Gasteiger partial charge is 0.505 e. The zero-order valence-electron chi connectivity index (χ0n) is 39.3. The molecule has 3 aromatic heterocycles. The number of non-ortho nitro benzene ring substituents is 1. The van der Waals surface area contributed by atoms with Crippen molar-refractivity contribution >= 4 is 141 Å². The van der Waals surface area contributed by atoms with Crippen LogP contribution in [0.5, 0.6) is 17.4 Å². The topological polar surface area (TPSA) is 477 Å². The van der Waals surface area contributed by atoms with Crippen LogP contribution in [0.2, 0.25) is 0 Å². The first-order valence-electron chi connectivity index (χ1n) is 20.9. The number of benzene rings is 5. The van der Waals surface area contributed by atoms with Gasteiger partial charge in [0.25, 0.3) is 46.2 Å². The second kappa shape index (κ2) is 22.6. The maximum absolute atomic E-state index is 13.1. The van der Waals surface area contributed by atoms with Gasteiger partial charge in [-0.3, -0.25) is 32.7 Å². The summed E-state index contributed by atoms with van der Waals surface area (Å²) in [6, 6.07) is 16.2. The minimum atomic E-state index is -5.28. The Morgan fingerprint density at radius 3 is 2.13 bits per heavy atom. The van der Waals surface area contributed by atoms with Gasteiger partial charge in [0.1, 0.15) is 49.8 Å². The van der Waals surface area contributed by atoms with Crippen LogP contribution in [-0.2, 0) is 49.8 Å². The van der Waals surface area contributed by atoms with Gasteiger partial charge in [0.2, 0.25) is 11.0 Å². The first kappa shape index (κ1) is 57.9. The van der Waals surface area contributed by atoms with Crippen LogP contribution >= 0.6 is 23.4 Å². The molecule has 0 amide bonds. The Hall–Kier alpha value is -7.84. The molecule has 3 heterocycles. The number of aromatic nitrogens is 3. The van der Waals surface area contributed by atoms with E-state index >= 15 is 0 Å². The van der Waals surface area contributed by atoms with Gasteiger partial charge in [0, 0.05) is 34.5 Å². The van der Waals surface area contributed by atoms with E-state index in [2.05, 4.69) is 50.0 Å². The number of phenols is 1. The van der Waals surface area contributed by atoms with Crippen LogP contribution in [-0.4, -0.2) is 105 Å². The smallest absolute Gasteiger partial charge is 0.297 e. The third-order valence-corrected chi connectivity index (χ3v) is 14.5. The molecule has 0 saturated heterocycles. The lowest BCUT2D eigenvalue weighted by molar-refractivity contribution is -0.432. The molecule has 0 saturated carbocycles. The first-order valence-corrected chi connectivity index (χ1v) is 28.8. The molecule has 0 aliphatic carbocycles. The molecule has 408 valence electrons. The van der Waals surface area contributed by atoms with Crippen molar-refractivity contribution in [3.63, 3.8) is 0 Å². The molecule has 0 spiro atoms. The number of fused-ring (bicyclic) bond motifs is 5. The van der Waals surface area contributed by atoms with E-state index in [9.17, 15) is 72.9 Å². The third kappa shape index (κ3) is 13.1. The zero-order valence-corrected chi connectivity index (χ0v) is 44.2. The average molecular weight is 1190 g/mol. The summed E-state index contributed by atoms with van der Waals surface area (Å²) in [6.07, 6.45) is 0.474. The third-order valence-electron chi connectivity index (χ3n) is 10.4. The fraction of sp³-hybridized carbons (Fsp3) is 0.146. The number of ether oxygens (including phenoxy) is 1. The Morgan fingerprint density at radius 1 is 0.821 bits per heavy atom. The number of nitriles is 1. The number of phenolic OH excluding ortho intramolecular Hbond substituents is 1. The molecule has 0 fully saturated rings. The predicted molar refractivity (Wildman–Crippen MR) is 274 cm³/mol. The summed E-state index contributed by atoms with van der Waals surface area (Å²) < 4.78 is 140. The monoisotopic (exact) mass is 1190 g/mol. The number of hydrogen-bond acceptors (Lipinski definition) is 27. The van der Waals surface area contributed by atoms with Crippen molar-refractivity contribution in [2.45, 2.75) is 35.0 Å². The highest BCUT2D eigenvalue weighted by molar-refractivity contribution is 7.94. The second-order valence-corrected chi connectivity index (χ2v) is 23.3. The Bertz CT molecular complexity index is 4380. The number of aromatic hydroxyl groups is 2. The van der Waals surface area contributed by atoms with E-state index in [1.165, 1.54) is 36.4 Å². The van der Waals surface area contributed by atoms with Crippen LogP contribution in [0, 0.1) is 35.3 Å². The van der Waals surface area contributed by atoms with Crippen molar-refractivity contribution in [2.75, 3.05) is 18.6 Å². The molecule has 8 rings (SSSR count). The molecule has 5 aromatic carbocycles. The van der Waals surface area contributed by atoms with E-state index in [0.717, 1.165) is 18.2 Å². The number of aryl methyl sites for hydroxylation is 1. The van der Waals surface area contributed by atoms with Crippen LogP contribution < -0.4 is 4.74 Å². The van der Waals surface area contributed by atoms with Gasteiger partial charge >= 0.3 is 0 Å². The summed E-state index contributed by atoms with van der Waals surface area (Å²) in [5.41, 5.74) is -0.922. The minimum Gasteiger partial charge on any atom is -0.505 e. The Kier molecular flexibility index (Phi) is 16.8. The van der Waals surface area contributed by atoms with Gasteiger partial charge in [0.15, 0.2) is 17.1 Å². The SMILES string of the molecule is CS(=O)(=O)O.Cc1cc(N=Nc2c(SOOO)cc3c(S(=O)(=O)O)c(N=Nc4c(C)c(C#N)c5nc6ccccc6n5c4O)ccc3c2O)c(OCCCS(=O)(=O)O)cc1N=Nc1nc2c(S(=O)(=O)O)cc([N+](=O)[O-])cc2s1. The van der Waals surface area contributed by atoms with Gasteiger partial charge in [-0.2, -0.15) is 38.9 Å². The Morgan fingerprint density at radius 2 is 1.49 bits per heavy atom. The molecule has 0 atom stereocenters. The second-order valence-electron chi connectivity index (χ2n) is 15.8. The van der Waals surface area contributed by atoms with Crippen LogP contribution in [0.15, 0.2) is 112 Å². The molecule has 31 nitrogen and oxygen atoms in total. The van der Waals surface area contributed by atoms with E-state index in [1.807, 2.05) is 6.07 Å². The number of rotatable bonds is 17. The van der Waals surface area contributed by atoms with E-state index in [-0.39, 0.29) is 95.8 Å². The first-order chi connectivity index (χ1) is 36.5. The van der Waals surface area contributed by atoms with Crippen molar-refractivity contribution in [3.8, 4) is 23.4 Å². The maximum Gasteiger partial charge on any atom is 0.297 e. The van der Waals surface area contributed by atoms with Crippen LogP contribution in [0.4, 0.5) is 39.3 Å². The molecule has 0 unspecified atom stereocenters. The highest BCUT2D eigenvalue weighted by Crippen LogP contribution is 2.49. The van der Waals surface area contributed by atoms with E-state index in [4.69, 9.17) is 14.5 Å². The normalized spacial score (nSPS) is 12.6. The molecular formula is C41H33N11O20S6. The summed E-state index contributed by atoms with van der Waals surface area (Å²) in [5, 5.41) is 81.1. The number of thiazole rings is 1. The molecule has 37 heteroatoms. The lowest BCUT2D eigenvalue weighted by atomic mass is 10.1. The molecular weight excluding hydrogens is 1160 g/mol. The molecule has 0 aliphatic rings. The molecule has 78 heavy (non-hydrogen) atoms. The molecule has 8 aromatic rings. The summed E-state index contributed by atoms with van der Waals surface area (Å²) in [4.78, 5) is 17.0. The fourth-order valence-corrected chi connectivity index (χ4v) is 10.5. The van der Waals surface area contributed by atoms with E-state index < -0.39 is 95.0 Å². The number of pyridine rings is 1. The predicted octanol–water partition coefficient (Wildman–Crippen LogP) is 9.39. The number of para-hydroxylation sites is 2. The Balaban J connectivity index is 0.00000169. The summed E-state index contributed by atoms with van der Waals surface area (Å²) in [6.45, 7) is 2.62. The van der Waals surface area contributed by atoms with Gasteiger partial charge in [-0.05, 0) is 62.2 Å². The quantitative estimate of drug-likeness (QED) is 0.00848. The van der Waals surface area contributed by atoms with Gasteiger partial charge in [-0.1, -0.05) is 28.5 Å². The average Bonchev–Trinajstić information content (AvgIpc) is 4.00. The number of nitro benzene ring substituents is 1. The fourth-order valence-electron chi connectivity index (χ4n) is 7.17. The molecule has 0 bridgehead atoms. The lowest BCUT2D eigenvalue weighted by Gasteiger charge is -2.13. The Labute approximate surface area is 445 Å². The number of nitrogens with zero attached hydrogens (tertiary/aromatic N) is 11. The summed E-state index contributed by atoms with van der Waals surface area (Å²) in [7, 11) is -18.3. The van der Waals surface area contributed by atoms with Crippen molar-refractivity contribution < 1.29 is 86.4 Å². The van der Waals surface area contributed by atoms with Crippen molar-refractivity contribution in [3.05, 3.63) is 93.5 Å². The number of hydrogen-bond donors (Lipinski definition) is 7. The minimum absolute atomic E-state index is 0.0167. The molecule has 0 aliphatic heterocycles. The number of nitro groups is 1. The van der Waals surface area contributed by atoms with Crippen molar-refractivity contribution in [2.24, 2.45) is 30.7 Å². The van der Waals surface area contributed by atoms with Crippen LogP contribution in [0.3, 0.4) is 0 Å². The highest BCUT2D eigenvalue weighted by Gasteiger charge is 2.27. The number of imidazole rings is 1. The standard InChI is InChI=1S/C40H29N11O17S5.CH4O3S/c1-18-12-27(29(66-10-5-11-71(57,58)59)16-26(18)45-49-40-43-34-30(69-40)13-20(51(54)55)14-32(34)72(60,61)62)46-48-35-31(70-68-67-56)15-22-21(36(35)52)8-9-25(37(22)73(63,64)65)44-47-33-19(2)23(17-41)38-42-24-6-3-4-7-28(24)50(38)39(33)53;1-5(2,3)4/h3-4,6-9,12-16,52-53,56H,5,10-11H2,1-2H3,(H,57,58,59)(H,60,61,62)(H,63,64,65);1H3,(H,2,3,4). The van der Waals surface area contributed by atoms with Crippen LogP contribution in [0.25, 0.3) is 37.7 Å². The number of azo groups is 3. The van der Waals surface area contributed by atoms with Gasteiger partial charge in [0.05, 0.1) is 61.9 Å². The maximum atomic E-state index is 13.1. The van der Waals surface area contributed by atoms with Crippen molar-refractivity contribution in [1.29, 1.82) is 5.26 Å². The van der Waals surface area contributed by atoms with E-state index in [1.54, 1.807) is 24.3 Å². The molecule has 7 N–H and O–H groups in total. The summed E-state index contributed by atoms with van der Waals surface area (Å²) >= 11 is 0.879. The summed E-state index contributed by atoms with van der Waals surface area (Å²) in [5.74, 6) is -2.17. The van der Waals surface area contributed by atoms with Gasteiger partial charge in [-0.15, -0.1) is 35.0 Å². The van der Waals surface area contributed by atoms with E-state index in [0.29, 0.717) is 34.7 Å². The van der Waals surface area contributed by atoms with Gasteiger partial charge < -0.3 is 14.9 Å². The van der Waals surface area contributed by atoms with Crippen LogP contribution in [0.1, 0.15) is 23.1 Å². The van der Waals surface area contributed by atoms with Crippen molar-refractivity contribution in [1.82, 2.24) is 14.4 Å². The highest BCUT2D eigenvalue weighted by atomic mass is 32.2. The lowest BCUT2D eigenvalue weighted by Crippen LogP contribution is -2.08.